The molecule has 0 nitrogen and oxygen atoms in total. The van der Waals surface area contributed by atoms with Crippen molar-refractivity contribution in [3.63, 3.8) is 0 Å². The van der Waals surface area contributed by atoms with Crippen LogP contribution in [-0.2, 0) is 0 Å². The van der Waals surface area contributed by atoms with Crippen LogP contribution in [0.25, 0.3) is 16.7 Å². The van der Waals surface area contributed by atoms with Crippen molar-refractivity contribution in [1.82, 2.24) is 0 Å². The topological polar surface area (TPSA) is 0 Å². The van der Waals surface area contributed by atoms with Crippen LogP contribution in [0, 0.1) is 6.92 Å². The van der Waals surface area contributed by atoms with Crippen molar-refractivity contribution < 1.29 is 0 Å². The lowest BCUT2D eigenvalue weighted by Gasteiger charge is -2.05. The highest BCUT2D eigenvalue weighted by atomic mass is 14.0. The smallest absolute Gasteiger partial charge is 0.0184 e. The van der Waals surface area contributed by atoms with Gasteiger partial charge in [-0.15, -0.1) is 0 Å². The normalized spacial score (nSPS) is 11.6. The summed E-state index contributed by atoms with van der Waals surface area (Å²) in [7, 11) is 0. The van der Waals surface area contributed by atoms with E-state index in [0.717, 1.165) is 0 Å². The molecule has 0 N–H and O–H groups in total. The molecule has 0 amide bonds. The molecule has 0 aliphatic heterocycles. The van der Waals surface area contributed by atoms with Gasteiger partial charge in [0, 0.05) is 0 Å². The molecular weight excluding hydrogens is 204 g/mol. The zero-order valence-corrected chi connectivity index (χ0v) is 10.7. The summed E-state index contributed by atoms with van der Waals surface area (Å²) in [5.41, 5.74) is 6.47. The average Bonchev–Trinajstić information content (AvgIpc) is 2.39. The van der Waals surface area contributed by atoms with E-state index in [1.54, 1.807) is 0 Å². The fourth-order valence-electron chi connectivity index (χ4n) is 1.84. The summed E-state index contributed by atoms with van der Waals surface area (Å²) in [6.45, 7) is 6.33. The summed E-state index contributed by atoms with van der Waals surface area (Å²) in [5, 5.41) is 0. The zero-order valence-electron chi connectivity index (χ0n) is 10.7. The Morgan fingerprint density at radius 3 is 1.76 bits per heavy atom. The van der Waals surface area contributed by atoms with E-state index in [-0.39, 0.29) is 0 Å². The van der Waals surface area contributed by atoms with Gasteiger partial charge in [-0.05, 0) is 43.0 Å². The molecule has 0 aromatic heterocycles. The Bertz CT molecular complexity index is 513. The molecule has 2 aromatic rings. The second-order valence-electron chi connectivity index (χ2n) is 4.42. The minimum absolute atomic E-state index is 1.28. The second kappa shape index (κ2) is 5.01. The molecule has 0 atom stereocenters. The van der Waals surface area contributed by atoms with Gasteiger partial charge in [-0.3, -0.25) is 0 Å². The van der Waals surface area contributed by atoms with Gasteiger partial charge in [0.1, 0.15) is 0 Å². The molecule has 0 aliphatic rings. The van der Waals surface area contributed by atoms with Gasteiger partial charge in [0.15, 0.2) is 0 Å². The Balaban J connectivity index is 2.32. The van der Waals surface area contributed by atoms with Crippen LogP contribution < -0.4 is 0 Å². The Morgan fingerprint density at radius 2 is 1.29 bits per heavy atom. The Labute approximate surface area is 104 Å². The van der Waals surface area contributed by atoms with Crippen molar-refractivity contribution in [3.8, 4) is 11.1 Å². The first-order valence-corrected chi connectivity index (χ1v) is 6.01. The highest BCUT2D eigenvalue weighted by Gasteiger charge is 1.98. The summed E-state index contributed by atoms with van der Waals surface area (Å²) in [6, 6.07) is 17.4. The van der Waals surface area contributed by atoms with E-state index < -0.39 is 0 Å². The van der Waals surface area contributed by atoms with E-state index in [4.69, 9.17) is 0 Å². The summed E-state index contributed by atoms with van der Waals surface area (Å²) >= 11 is 0. The third-order valence-corrected chi connectivity index (χ3v) is 3.16. The summed E-state index contributed by atoms with van der Waals surface area (Å²) < 4.78 is 0. The van der Waals surface area contributed by atoms with Crippen molar-refractivity contribution >= 4 is 5.57 Å². The third-order valence-electron chi connectivity index (χ3n) is 3.16. The Kier molecular flexibility index (Phi) is 3.43. The number of allylic oxidation sites excluding steroid dienone is 2. The van der Waals surface area contributed by atoms with Gasteiger partial charge in [-0.25, -0.2) is 0 Å². The fraction of sp³-hybridized carbons (Fsp3) is 0.176. The first-order valence-electron chi connectivity index (χ1n) is 6.01. The summed E-state index contributed by atoms with van der Waals surface area (Å²) in [5.74, 6) is 0. The van der Waals surface area contributed by atoms with Gasteiger partial charge in [-0.2, -0.15) is 0 Å². The van der Waals surface area contributed by atoms with E-state index in [1.807, 2.05) is 0 Å². The van der Waals surface area contributed by atoms with Crippen molar-refractivity contribution in [1.29, 1.82) is 0 Å². The summed E-state index contributed by atoms with van der Waals surface area (Å²) in [6.07, 6.45) is 2.14. The van der Waals surface area contributed by atoms with E-state index in [9.17, 15) is 0 Å². The van der Waals surface area contributed by atoms with E-state index in [0.29, 0.717) is 0 Å². The van der Waals surface area contributed by atoms with Gasteiger partial charge in [0.05, 0.1) is 0 Å². The van der Waals surface area contributed by atoms with Gasteiger partial charge in [-0.1, -0.05) is 60.2 Å². The lowest BCUT2D eigenvalue weighted by atomic mass is 10.0. The van der Waals surface area contributed by atoms with Crippen LogP contribution in [0.15, 0.2) is 54.6 Å². The largest absolute Gasteiger partial charge is 0.0841 e. The molecule has 2 aromatic carbocycles. The first-order chi connectivity index (χ1) is 8.20. The highest BCUT2D eigenvalue weighted by Crippen LogP contribution is 2.22. The van der Waals surface area contributed by atoms with Crippen molar-refractivity contribution in [3.05, 3.63) is 65.7 Å². The maximum absolute atomic E-state index is 2.19. The number of aryl methyl sites for hydroxylation is 1. The average molecular weight is 222 g/mol. The fourth-order valence-corrected chi connectivity index (χ4v) is 1.84. The van der Waals surface area contributed by atoms with Crippen molar-refractivity contribution in [2.45, 2.75) is 20.8 Å². The molecule has 0 unspecified atom stereocenters. The molecule has 0 aliphatic carbocycles. The number of rotatable bonds is 2. The number of hydrogen-bond donors (Lipinski definition) is 0. The lowest BCUT2D eigenvalue weighted by molar-refractivity contribution is 1.46. The van der Waals surface area contributed by atoms with Crippen molar-refractivity contribution in [2.24, 2.45) is 0 Å². The molecule has 0 spiro atoms. The monoisotopic (exact) mass is 222 g/mol. The van der Waals surface area contributed by atoms with Crippen molar-refractivity contribution in [2.75, 3.05) is 0 Å². The molecule has 0 radical (unpaired) electrons. The molecule has 0 saturated heterocycles. The van der Waals surface area contributed by atoms with Gasteiger partial charge in [0.25, 0.3) is 0 Å². The van der Waals surface area contributed by atoms with Crippen LogP contribution in [-0.4, -0.2) is 0 Å². The molecule has 17 heavy (non-hydrogen) atoms. The van der Waals surface area contributed by atoms with Crippen LogP contribution in [0.2, 0.25) is 0 Å². The number of benzene rings is 2. The Morgan fingerprint density at radius 1 is 0.824 bits per heavy atom. The van der Waals surface area contributed by atoms with Crippen LogP contribution in [0.3, 0.4) is 0 Å². The Hall–Kier alpha value is -1.82. The van der Waals surface area contributed by atoms with Crippen LogP contribution >= 0.6 is 0 Å². The maximum atomic E-state index is 2.19. The predicted molar refractivity (Wildman–Crippen MR) is 75.9 cm³/mol. The first kappa shape index (κ1) is 11.7. The van der Waals surface area contributed by atoms with E-state index >= 15 is 0 Å². The molecular formula is C17H18. The molecule has 0 heterocycles. The molecule has 0 fully saturated rings. The molecule has 86 valence electrons. The van der Waals surface area contributed by atoms with Gasteiger partial charge < -0.3 is 0 Å². The van der Waals surface area contributed by atoms with Gasteiger partial charge in [0.2, 0.25) is 0 Å². The minimum atomic E-state index is 1.28. The molecule has 2 rings (SSSR count). The standard InChI is InChI=1S/C17H18/c1-4-14(3)15-9-11-17(12-10-15)16-7-5-13(2)6-8-16/h4-12H,1-3H3/b14-4+. The van der Waals surface area contributed by atoms with E-state index in [2.05, 4.69) is 75.4 Å². The maximum Gasteiger partial charge on any atom is -0.0184 e. The summed E-state index contributed by atoms with van der Waals surface area (Å²) in [4.78, 5) is 0. The molecule has 0 bridgehead atoms. The quantitative estimate of drug-likeness (QED) is 0.664. The SMILES string of the molecule is C/C=C(\C)c1ccc(-c2ccc(C)cc2)cc1. The highest BCUT2D eigenvalue weighted by molar-refractivity contribution is 5.69. The van der Waals surface area contributed by atoms with Gasteiger partial charge >= 0.3 is 0 Å². The number of hydrogen-bond acceptors (Lipinski definition) is 0. The molecule has 0 heteroatoms. The van der Waals surface area contributed by atoms with Crippen LogP contribution in [0.1, 0.15) is 25.0 Å². The van der Waals surface area contributed by atoms with Crippen LogP contribution in [0.5, 0.6) is 0 Å². The lowest BCUT2D eigenvalue weighted by Crippen LogP contribution is -1.81. The molecule has 0 saturated carbocycles. The third kappa shape index (κ3) is 2.65. The zero-order chi connectivity index (χ0) is 12.3. The minimum Gasteiger partial charge on any atom is -0.0841 e. The second-order valence-corrected chi connectivity index (χ2v) is 4.42. The van der Waals surface area contributed by atoms with E-state index in [1.165, 1.54) is 27.8 Å². The predicted octanol–water partition coefficient (Wildman–Crippen LogP) is 5.09. The van der Waals surface area contributed by atoms with Crippen LogP contribution in [0.4, 0.5) is 0 Å².